The molecule has 0 amide bonds. The molecule has 0 spiro atoms. The molecule has 1 aromatic heterocycles. The van der Waals surface area contributed by atoms with Crippen LogP contribution in [0, 0.1) is 0 Å². The summed E-state index contributed by atoms with van der Waals surface area (Å²) in [7, 11) is 1.60. The number of ether oxygens (including phenoxy) is 1. The Bertz CT molecular complexity index is 286. The number of anilines is 1. The first-order valence-electron chi connectivity index (χ1n) is 5.18. The Morgan fingerprint density at radius 1 is 1.40 bits per heavy atom. The van der Waals surface area contributed by atoms with Crippen molar-refractivity contribution in [3.8, 4) is 5.88 Å². The van der Waals surface area contributed by atoms with Gasteiger partial charge < -0.3 is 14.7 Å². The molecule has 0 atom stereocenters. The molecule has 0 aliphatic heterocycles. The van der Waals surface area contributed by atoms with E-state index in [1.807, 2.05) is 23.1 Å². The van der Waals surface area contributed by atoms with Crippen LogP contribution in [0.4, 0.5) is 5.82 Å². The van der Waals surface area contributed by atoms with Crippen molar-refractivity contribution >= 4 is 5.82 Å². The number of aromatic nitrogens is 1. The summed E-state index contributed by atoms with van der Waals surface area (Å²) >= 11 is 0. The Hall–Kier alpha value is -1.29. The van der Waals surface area contributed by atoms with Gasteiger partial charge in [-0.3, -0.25) is 0 Å². The van der Waals surface area contributed by atoms with Crippen LogP contribution < -0.4 is 9.64 Å². The van der Waals surface area contributed by atoms with Gasteiger partial charge in [-0.2, -0.15) is 4.98 Å². The quantitative estimate of drug-likeness (QED) is 0.768. The van der Waals surface area contributed by atoms with Gasteiger partial charge in [-0.15, -0.1) is 0 Å². The second-order valence-corrected chi connectivity index (χ2v) is 3.25. The molecule has 0 unspecified atom stereocenters. The first-order valence-corrected chi connectivity index (χ1v) is 5.18. The smallest absolute Gasteiger partial charge is 0.214 e. The van der Waals surface area contributed by atoms with E-state index < -0.39 is 0 Å². The van der Waals surface area contributed by atoms with Crippen molar-refractivity contribution in [3.05, 3.63) is 18.2 Å². The van der Waals surface area contributed by atoms with Crippen molar-refractivity contribution in [1.29, 1.82) is 0 Å². The third-order valence-electron chi connectivity index (χ3n) is 2.11. The van der Waals surface area contributed by atoms with Gasteiger partial charge in [-0.25, -0.2) is 0 Å². The highest BCUT2D eigenvalue weighted by atomic mass is 16.5. The van der Waals surface area contributed by atoms with E-state index in [2.05, 4.69) is 11.9 Å². The van der Waals surface area contributed by atoms with E-state index in [9.17, 15) is 0 Å². The van der Waals surface area contributed by atoms with Crippen LogP contribution in [-0.2, 0) is 0 Å². The van der Waals surface area contributed by atoms with Crippen LogP contribution in [0.5, 0.6) is 5.88 Å². The SMILES string of the molecule is CCCN(CCO)c1cccc(OC)n1. The molecule has 1 rings (SSSR count). The summed E-state index contributed by atoms with van der Waals surface area (Å²) in [5.74, 6) is 1.46. The molecule has 4 nitrogen and oxygen atoms in total. The van der Waals surface area contributed by atoms with Crippen LogP contribution >= 0.6 is 0 Å². The third-order valence-corrected chi connectivity index (χ3v) is 2.11. The highest BCUT2D eigenvalue weighted by Gasteiger charge is 2.06. The lowest BCUT2D eigenvalue weighted by atomic mass is 10.3. The van der Waals surface area contributed by atoms with Crippen LogP contribution in [0.3, 0.4) is 0 Å². The molecule has 0 radical (unpaired) electrons. The van der Waals surface area contributed by atoms with Gasteiger partial charge >= 0.3 is 0 Å². The van der Waals surface area contributed by atoms with Crippen molar-refractivity contribution < 1.29 is 9.84 Å². The fourth-order valence-electron chi connectivity index (χ4n) is 1.43. The number of hydrogen-bond donors (Lipinski definition) is 1. The Kier molecular flexibility index (Phi) is 4.90. The van der Waals surface area contributed by atoms with Crippen LogP contribution in [0.2, 0.25) is 0 Å². The minimum atomic E-state index is 0.138. The van der Waals surface area contributed by atoms with E-state index >= 15 is 0 Å². The zero-order valence-electron chi connectivity index (χ0n) is 9.31. The van der Waals surface area contributed by atoms with Crippen LogP contribution in [0.1, 0.15) is 13.3 Å². The van der Waals surface area contributed by atoms with Gasteiger partial charge in [0.2, 0.25) is 5.88 Å². The maximum absolute atomic E-state index is 8.95. The van der Waals surface area contributed by atoms with Crippen molar-refractivity contribution in [2.75, 3.05) is 31.7 Å². The Morgan fingerprint density at radius 3 is 2.80 bits per heavy atom. The molecule has 0 aliphatic rings. The molecule has 84 valence electrons. The molecule has 0 aromatic carbocycles. The van der Waals surface area contributed by atoms with Crippen LogP contribution in [0.25, 0.3) is 0 Å². The predicted molar refractivity (Wildman–Crippen MR) is 60.4 cm³/mol. The molecule has 0 bridgehead atoms. The Labute approximate surface area is 90.5 Å². The molecule has 15 heavy (non-hydrogen) atoms. The van der Waals surface area contributed by atoms with Crippen LogP contribution in [-0.4, -0.2) is 36.9 Å². The number of hydrogen-bond acceptors (Lipinski definition) is 4. The molecule has 4 heteroatoms. The second kappa shape index (κ2) is 6.24. The van der Waals surface area contributed by atoms with Gasteiger partial charge in [0.15, 0.2) is 0 Å². The van der Waals surface area contributed by atoms with E-state index in [0.29, 0.717) is 12.4 Å². The maximum atomic E-state index is 8.95. The van der Waals surface area contributed by atoms with E-state index in [0.717, 1.165) is 18.8 Å². The molecule has 0 fully saturated rings. The standard InChI is InChI=1S/C11H18N2O2/c1-3-7-13(8-9-14)10-5-4-6-11(12-10)15-2/h4-6,14H,3,7-9H2,1-2H3. The normalized spacial score (nSPS) is 10.1. The van der Waals surface area contributed by atoms with Crippen molar-refractivity contribution in [3.63, 3.8) is 0 Å². The topological polar surface area (TPSA) is 45.6 Å². The van der Waals surface area contributed by atoms with E-state index in [1.165, 1.54) is 0 Å². The second-order valence-electron chi connectivity index (χ2n) is 3.25. The number of pyridine rings is 1. The highest BCUT2D eigenvalue weighted by molar-refractivity contribution is 5.40. The minimum Gasteiger partial charge on any atom is -0.481 e. The van der Waals surface area contributed by atoms with Gasteiger partial charge in [0, 0.05) is 19.2 Å². The van der Waals surface area contributed by atoms with Gasteiger partial charge in [0.05, 0.1) is 13.7 Å². The first-order chi connectivity index (χ1) is 7.31. The number of methoxy groups -OCH3 is 1. The van der Waals surface area contributed by atoms with Crippen molar-refractivity contribution in [2.45, 2.75) is 13.3 Å². The monoisotopic (exact) mass is 210 g/mol. The van der Waals surface area contributed by atoms with E-state index in [1.54, 1.807) is 7.11 Å². The van der Waals surface area contributed by atoms with Crippen LogP contribution in [0.15, 0.2) is 18.2 Å². The van der Waals surface area contributed by atoms with Gasteiger partial charge in [-0.1, -0.05) is 13.0 Å². The molecule has 0 saturated heterocycles. The average Bonchev–Trinajstić information content (AvgIpc) is 2.29. The molecule has 1 aromatic rings. The Morgan fingerprint density at radius 2 is 2.20 bits per heavy atom. The fraction of sp³-hybridized carbons (Fsp3) is 0.545. The largest absolute Gasteiger partial charge is 0.481 e. The highest BCUT2D eigenvalue weighted by Crippen LogP contribution is 2.15. The van der Waals surface area contributed by atoms with Crippen molar-refractivity contribution in [1.82, 2.24) is 4.98 Å². The lowest BCUT2D eigenvalue weighted by Gasteiger charge is -2.22. The summed E-state index contributed by atoms with van der Waals surface area (Å²) < 4.78 is 5.06. The summed E-state index contributed by atoms with van der Waals surface area (Å²) in [5.41, 5.74) is 0. The zero-order valence-corrected chi connectivity index (χ0v) is 9.31. The molecule has 1 N–H and O–H groups in total. The van der Waals surface area contributed by atoms with Gasteiger partial charge in [0.1, 0.15) is 5.82 Å². The number of aliphatic hydroxyl groups excluding tert-OH is 1. The molecule has 0 saturated carbocycles. The van der Waals surface area contributed by atoms with Gasteiger partial charge in [-0.05, 0) is 12.5 Å². The minimum absolute atomic E-state index is 0.138. The number of aliphatic hydroxyl groups is 1. The third kappa shape index (κ3) is 3.40. The maximum Gasteiger partial charge on any atom is 0.214 e. The first kappa shape index (κ1) is 11.8. The number of nitrogens with zero attached hydrogens (tertiary/aromatic N) is 2. The Balaban J connectivity index is 2.79. The predicted octanol–water partition coefficient (Wildman–Crippen LogP) is 1.30. The van der Waals surface area contributed by atoms with E-state index in [-0.39, 0.29) is 6.61 Å². The van der Waals surface area contributed by atoms with Gasteiger partial charge in [0.25, 0.3) is 0 Å². The lowest BCUT2D eigenvalue weighted by Crippen LogP contribution is -2.28. The molecule has 0 aliphatic carbocycles. The lowest BCUT2D eigenvalue weighted by molar-refractivity contribution is 0.301. The molecular weight excluding hydrogens is 192 g/mol. The van der Waals surface area contributed by atoms with E-state index in [4.69, 9.17) is 9.84 Å². The molecular formula is C11H18N2O2. The molecule has 1 heterocycles. The fourth-order valence-corrected chi connectivity index (χ4v) is 1.43. The summed E-state index contributed by atoms with van der Waals surface area (Å²) in [5, 5.41) is 8.95. The van der Waals surface area contributed by atoms with Crippen molar-refractivity contribution in [2.24, 2.45) is 0 Å². The summed E-state index contributed by atoms with van der Waals surface area (Å²) in [6.45, 7) is 3.73. The zero-order chi connectivity index (χ0) is 11.1. The summed E-state index contributed by atoms with van der Waals surface area (Å²) in [6, 6.07) is 5.64. The summed E-state index contributed by atoms with van der Waals surface area (Å²) in [6.07, 6.45) is 1.03. The number of rotatable bonds is 6. The summed E-state index contributed by atoms with van der Waals surface area (Å²) in [4.78, 5) is 6.37. The average molecular weight is 210 g/mol.